The van der Waals surface area contributed by atoms with Gasteiger partial charge in [-0.15, -0.1) is 21.8 Å². The van der Waals surface area contributed by atoms with E-state index in [1.807, 2.05) is 0 Å². The van der Waals surface area contributed by atoms with Crippen molar-refractivity contribution in [3.8, 4) is 0 Å². The van der Waals surface area contributed by atoms with Crippen molar-refractivity contribution >= 4 is 11.6 Å². The highest BCUT2D eigenvalue weighted by atomic mass is 35.5. The lowest BCUT2D eigenvalue weighted by Gasteiger charge is -2.01. The minimum absolute atomic E-state index is 0.00296. The summed E-state index contributed by atoms with van der Waals surface area (Å²) in [4.78, 5) is 0. The van der Waals surface area contributed by atoms with Crippen LogP contribution in [-0.4, -0.2) is 10.2 Å². The topological polar surface area (TPSA) is 38.9 Å². The maximum Gasteiger partial charge on any atom is 0.321 e. The predicted octanol–water partition coefficient (Wildman–Crippen LogP) is 1.92. The summed E-state index contributed by atoms with van der Waals surface area (Å²) in [5.41, 5.74) is 0. The van der Waals surface area contributed by atoms with Gasteiger partial charge in [0.05, 0.1) is 0 Å². The highest BCUT2D eigenvalue weighted by Gasteiger charge is 2.31. The van der Waals surface area contributed by atoms with Gasteiger partial charge in [0, 0.05) is 6.92 Å². The Labute approximate surface area is 66.4 Å². The molecule has 0 bridgehead atoms. The second-order valence-corrected chi connectivity index (χ2v) is 2.29. The van der Waals surface area contributed by atoms with Crippen molar-refractivity contribution < 1.29 is 13.2 Å². The maximum absolute atomic E-state index is 12.4. The van der Waals surface area contributed by atoms with Crippen molar-refractivity contribution in [1.82, 2.24) is 10.2 Å². The Morgan fingerprint density at radius 1 is 1.55 bits per heavy atom. The van der Waals surface area contributed by atoms with Gasteiger partial charge in [0.15, 0.2) is 0 Å². The molecule has 0 amide bonds. The first-order valence-electron chi connectivity index (χ1n) is 2.80. The molecule has 0 aliphatic rings. The van der Waals surface area contributed by atoms with E-state index < -0.39 is 11.8 Å². The summed E-state index contributed by atoms with van der Waals surface area (Å²) < 4.78 is 29.2. The molecule has 11 heavy (non-hydrogen) atoms. The molecule has 0 fully saturated rings. The summed E-state index contributed by atoms with van der Waals surface area (Å²) in [7, 11) is 0. The zero-order chi connectivity index (χ0) is 8.48. The fourth-order valence-electron chi connectivity index (χ4n) is 0.485. The highest BCUT2D eigenvalue weighted by Crippen LogP contribution is 2.25. The van der Waals surface area contributed by atoms with Crippen LogP contribution in [0.3, 0.4) is 0 Å². The monoisotopic (exact) mass is 182 g/mol. The molecule has 0 aromatic carbocycles. The van der Waals surface area contributed by atoms with Gasteiger partial charge in [-0.1, -0.05) is 0 Å². The third kappa shape index (κ3) is 1.86. The van der Waals surface area contributed by atoms with E-state index in [0.717, 1.165) is 0 Å². The van der Waals surface area contributed by atoms with Gasteiger partial charge in [0.25, 0.3) is 5.89 Å². The quantitative estimate of drug-likeness (QED) is 0.656. The first kappa shape index (κ1) is 8.39. The van der Waals surface area contributed by atoms with Gasteiger partial charge in [-0.05, 0) is 0 Å². The van der Waals surface area contributed by atoms with E-state index >= 15 is 0 Å². The van der Waals surface area contributed by atoms with Crippen LogP contribution in [0, 0.1) is 0 Å². The molecule has 6 heteroatoms. The fraction of sp³-hybridized carbons (Fsp3) is 0.600. The van der Waals surface area contributed by atoms with Crippen molar-refractivity contribution in [3.63, 3.8) is 0 Å². The van der Waals surface area contributed by atoms with E-state index in [0.29, 0.717) is 6.92 Å². The molecule has 0 unspecified atom stereocenters. The summed E-state index contributed by atoms with van der Waals surface area (Å²) in [5, 5.41) is 6.38. The summed E-state index contributed by atoms with van der Waals surface area (Å²) >= 11 is 5.25. The van der Waals surface area contributed by atoms with Crippen molar-refractivity contribution in [2.45, 2.75) is 18.7 Å². The Balaban J connectivity index is 2.89. The van der Waals surface area contributed by atoms with E-state index in [1.165, 1.54) is 0 Å². The average molecular weight is 183 g/mol. The van der Waals surface area contributed by atoms with Crippen LogP contribution in [0.2, 0.25) is 0 Å². The van der Waals surface area contributed by atoms with Crippen LogP contribution < -0.4 is 0 Å². The average Bonchev–Trinajstić information content (AvgIpc) is 2.32. The number of aromatic nitrogens is 2. The molecule has 1 aromatic heterocycles. The zero-order valence-corrected chi connectivity index (χ0v) is 6.40. The molecular formula is C5H5ClF2N2O. The van der Waals surface area contributed by atoms with Crippen molar-refractivity contribution in [2.24, 2.45) is 0 Å². The van der Waals surface area contributed by atoms with Crippen molar-refractivity contribution in [1.29, 1.82) is 0 Å². The number of halogens is 3. The summed E-state index contributed by atoms with van der Waals surface area (Å²) in [6, 6.07) is 0. The number of alkyl halides is 3. The molecule has 1 heterocycles. The molecule has 0 aliphatic heterocycles. The summed E-state index contributed by atoms with van der Waals surface area (Å²) in [6.45, 7) is 0.679. The molecule has 62 valence electrons. The van der Waals surface area contributed by atoms with Gasteiger partial charge in [-0.3, -0.25) is 0 Å². The smallest absolute Gasteiger partial charge is 0.321 e. The summed E-state index contributed by atoms with van der Waals surface area (Å²) in [6.07, 6.45) is 0. The van der Waals surface area contributed by atoms with Crippen LogP contribution in [0.4, 0.5) is 8.78 Å². The largest absolute Gasteiger partial charge is 0.418 e. The second-order valence-electron chi connectivity index (χ2n) is 2.02. The van der Waals surface area contributed by atoms with Gasteiger partial charge in [-0.25, -0.2) is 0 Å². The van der Waals surface area contributed by atoms with Crippen LogP contribution in [0.25, 0.3) is 0 Å². The lowest BCUT2D eigenvalue weighted by atomic mass is 10.4. The number of hydrogen-bond donors (Lipinski definition) is 0. The normalized spacial score (nSPS) is 12.0. The van der Waals surface area contributed by atoms with Gasteiger partial charge < -0.3 is 4.42 Å². The second kappa shape index (κ2) is 2.73. The number of nitrogens with zero attached hydrogens (tertiary/aromatic N) is 2. The number of hydrogen-bond acceptors (Lipinski definition) is 3. The van der Waals surface area contributed by atoms with E-state index in [4.69, 9.17) is 11.6 Å². The predicted molar refractivity (Wildman–Crippen MR) is 33.4 cm³/mol. The Kier molecular flexibility index (Phi) is 2.08. The molecule has 0 spiro atoms. The Morgan fingerprint density at radius 2 is 2.18 bits per heavy atom. The Hall–Kier alpha value is -0.710. The molecule has 0 saturated carbocycles. The fourth-order valence-corrected chi connectivity index (χ4v) is 0.593. The first-order chi connectivity index (χ1) is 5.04. The molecule has 0 aliphatic carbocycles. The third-order valence-corrected chi connectivity index (χ3v) is 1.19. The lowest BCUT2D eigenvalue weighted by Crippen LogP contribution is -2.06. The van der Waals surface area contributed by atoms with Crippen LogP contribution in [-0.2, 0) is 11.8 Å². The lowest BCUT2D eigenvalue weighted by molar-refractivity contribution is -0.0117. The minimum Gasteiger partial charge on any atom is -0.418 e. The molecule has 1 aromatic rings. The summed E-state index contributed by atoms with van der Waals surface area (Å²) in [5.74, 6) is -3.84. The van der Waals surface area contributed by atoms with Crippen LogP contribution in [0.5, 0.6) is 0 Å². The number of rotatable bonds is 2. The van der Waals surface area contributed by atoms with Crippen LogP contribution >= 0.6 is 11.6 Å². The van der Waals surface area contributed by atoms with Crippen LogP contribution in [0.15, 0.2) is 4.42 Å². The molecule has 0 radical (unpaired) electrons. The van der Waals surface area contributed by atoms with Gasteiger partial charge in [0.1, 0.15) is 5.88 Å². The molecular weight excluding hydrogens is 178 g/mol. The molecule has 0 N–H and O–H groups in total. The zero-order valence-electron chi connectivity index (χ0n) is 5.64. The molecule has 3 nitrogen and oxygen atoms in total. The van der Waals surface area contributed by atoms with Crippen molar-refractivity contribution in [2.75, 3.05) is 0 Å². The van der Waals surface area contributed by atoms with Crippen molar-refractivity contribution in [3.05, 3.63) is 11.8 Å². The first-order valence-corrected chi connectivity index (χ1v) is 3.34. The molecule has 1 rings (SSSR count). The third-order valence-electron chi connectivity index (χ3n) is 0.957. The van der Waals surface area contributed by atoms with E-state index in [2.05, 4.69) is 14.6 Å². The van der Waals surface area contributed by atoms with Crippen LogP contribution in [0.1, 0.15) is 18.7 Å². The standard InChI is InChI=1S/C5H5ClF2N2O/c1-5(7,8)4-10-9-3(2-6)11-4/h2H2,1H3. The van der Waals surface area contributed by atoms with E-state index in [1.54, 1.807) is 0 Å². The molecule has 0 atom stereocenters. The van der Waals surface area contributed by atoms with Gasteiger partial charge in [0.2, 0.25) is 5.89 Å². The Bertz CT molecular complexity index is 245. The van der Waals surface area contributed by atoms with Gasteiger partial charge in [-0.2, -0.15) is 8.78 Å². The minimum atomic E-state index is -3.09. The highest BCUT2D eigenvalue weighted by molar-refractivity contribution is 6.16. The van der Waals surface area contributed by atoms with E-state index in [9.17, 15) is 8.78 Å². The molecule has 0 saturated heterocycles. The Morgan fingerprint density at radius 3 is 2.45 bits per heavy atom. The maximum atomic E-state index is 12.4. The van der Waals surface area contributed by atoms with Gasteiger partial charge >= 0.3 is 5.92 Å². The SMILES string of the molecule is CC(F)(F)c1nnc(CCl)o1. The van der Waals surface area contributed by atoms with E-state index in [-0.39, 0.29) is 11.8 Å².